The molecule has 7 nitrogen and oxygen atoms in total. The number of amides is 2. The number of likely N-dealkylation sites (tertiary alicyclic amines) is 1. The van der Waals surface area contributed by atoms with E-state index in [0.717, 1.165) is 54.9 Å². The maximum Gasteiger partial charge on any atom is 0.323 e. The average Bonchev–Trinajstić information content (AvgIpc) is 3.02. The summed E-state index contributed by atoms with van der Waals surface area (Å²) in [6, 6.07) is 3.83. The predicted molar refractivity (Wildman–Crippen MR) is 105 cm³/mol. The summed E-state index contributed by atoms with van der Waals surface area (Å²) in [5.41, 5.74) is 3.22. The van der Waals surface area contributed by atoms with E-state index in [2.05, 4.69) is 29.2 Å². The lowest BCUT2D eigenvalue weighted by molar-refractivity contribution is 0.000901. The molecule has 1 fully saturated rings. The van der Waals surface area contributed by atoms with Crippen molar-refractivity contribution in [2.24, 2.45) is 7.05 Å². The van der Waals surface area contributed by atoms with Crippen molar-refractivity contribution in [3.8, 4) is 0 Å². The third kappa shape index (κ3) is 4.66. The first-order valence-corrected chi connectivity index (χ1v) is 9.73. The first-order valence-electron chi connectivity index (χ1n) is 9.73. The second kappa shape index (κ2) is 8.99. The summed E-state index contributed by atoms with van der Waals surface area (Å²) in [7, 11) is 1.88. The Labute approximate surface area is 160 Å². The van der Waals surface area contributed by atoms with Gasteiger partial charge < -0.3 is 9.64 Å². The Kier molecular flexibility index (Phi) is 6.45. The van der Waals surface area contributed by atoms with Crippen LogP contribution in [0.2, 0.25) is 0 Å². The van der Waals surface area contributed by atoms with E-state index in [1.807, 2.05) is 30.3 Å². The van der Waals surface area contributed by atoms with Gasteiger partial charge in [0.2, 0.25) is 0 Å². The molecule has 1 saturated heterocycles. The maximum atomic E-state index is 12.8. The minimum atomic E-state index is -0.0787. The van der Waals surface area contributed by atoms with Gasteiger partial charge in [-0.2, -0.15) is 5.10 Å². The van der Waals surface area contributed by atoms with Crippen molar-refractivity contribution >= 4 is 11.8 Å². The predicted octanol–water partition coefficient (Wildman–Crippen LogP) is 3.15. The summed E-state index contributed by atoms with van der Waals surface area (Å²) in [5.74, 6) is 0.803. The fourth-order valence-corrected chi connectivity index (χ4v) is 3.57. The second-order valence-electron chi connectivity index (χ2n) is 6.92. The number of aryl methyl sites for hydroxylation is 2. The van der Waals surface area contributed by atoms with Crippen molar-refractivity contribution < 1.29 is 9.53 Å². The molecule has 0 aromatic carbocycles. The van der Waals surface area contributed by atoms with E-state index in [-0.39, 0.29) is 12.1 Å². The summed E-state index contributed by atoms with van der Waals surface area (Å²) >= 11 is 0. The van der Waals surface area contributed by atoms with Gasteiger partial charge in [-0.3, -0.25) is 15.0 Å². The van der Waals surface area contributed by atoms with E-state index in [4.69, 9.17) is 4.74 Å². The van der Waals surface area contributed by atoms with Crippen molar-refractivity contribution in [3.05, 3.63) is 41.3 Å². The lowest BCUT2D eigenvalue weighted by atomic mass is 10.1. The van der Waals surface area contributed by atoms with Crippen molar-refractivity contribution in [3.63, 3.8) is 0 Å². The standard InChI is InChI=1S/C20H29N5O2/c1-4-17-18(5-2)23-24(3)19(17)22-20(26)25-11-7-9-16(13-25)27-14-15-8-6-10-21-12-15/h6,8,10,12,16H,4-5,7,9,11,13-14H2,1-3H3,(H,22,26). The summed E-state index contributed by atoms with van der Waals surface area (Å²) in [5, 5.41) is 7.60. The second-order valence-corrected chi connectivity index (χ2v) is 6.92. The molecule has 27 heavy (non-hydrogen) atoms. The van der Waals surface area contributed by atoms with E-state index in [9.17, 15) is 4.79 Å². The smallest absolute Gasteiger partial charge is 0.323 e. The van der Waals surface area contributed by atoms with E-state index in [1.54, 1.807) is 10.9 Å². The fraction of sp³-hybridized carbons (Fsp3) is 0.550. The fourth-order valence-electron chi connectivity index (χ4n) is 3.57. The molecular formula is C20H29N5O2. The normalized spacial score (nSPS) is 17.1. The molecule has 2 aromatic rings. The minimum absolute atomic E-state index is 0.0492. The van der Waals surface area contributed by atoms with E-state index in [0.29, 0.717) is 13.2 Å². The number of rotatable bonds is 6. The molecule has 146 valence electrons. The van der Waals surface area contributed by atoms with Crippen LogP contribution in [0.25, 0.3) is 0 Å². The summed E-state index contributed by atoms with van der Waals surface area (Å²) in [6.45, 7) is 6.05. The van der Waals surface area contributed by atoms with Crippen LogP contribution in [0, 0.1) is 0 Å². The van der Waals surface area contributed by atoms with E-state index in [1.165, 1.54) is 0 Å². The van der Waals surface area contributed by atoms with Crippen LogP contribution in [0.4, 0.5) is 10.6 Å². The summed E-state index contributed by atoms with van der Waals surface area (Å²) in [4.78, 5) is 18.8. The Hall–Kier alpha value is -2.41. The molecule has 0 saturated carbocycles. The molecule has 1 aliphatic heterocycles. The minimum Gasteiger partial charge on any atom is -0.372 e. The van der Waals surface area contributed by atoms with Gasteiger partial charge in [0.15, 0.2) is 0 Å². The monoisotopic (exact) mass is 371 g/mol. The Bertz CT molecular complexity index is 759. The third-order valence-corrected chi connectivity index (χ3v) is 5.02. The molecule has 0 aliphatic carbocycles. The van der Waals surface area contributed by atoms with Crippen molar-refractivity contribution in [2.75, 3.05) is 18.4 Å². The SMILES string of the molecule is CCc1nn(C)c(NC(=O)N2CCCC(OCc3cccnc3)C2)c1CC. The number of piperidine rings is 1. The van der Waals surface area contributed by atoms with Gasteiger partial charge in [-0.15, -0.1) is 0 Å². The summed E-state index contributed by atoms with van der Waals surface area (Å²) in [6.07, 6.45) is 7.24. The molecule has 2 aromatic heterocycles. The number of carbonyl (C=O) groups excluding carboxylic acids is 1. The Balaban J connectivity index is 1.59. The van der Waals surface area contributed by atoms with Crippen molar-refractivity contribution in [2.45, 2.75) is 52.2 Å². The maximum absolute atomic E-state index is 12.8. The van der Waals surface area contributed by atoms with Gasteiger partial charge in [0.1, 0.15) is 5.82 Å². The zero-order valence-corrected chi connectivity index (χ0v) is 16.4. The number of anilines is 1. The molecule has 2 amide bonds. The van der Waals surface area contributed by atoms with Gasteiger partial charge in [-0.05, 0) is 37.3 Å². The van der Waals surface area contributed by atoms with Crippen LogP contribution in [0.15, 0.2) is 24.5 Å². The van der Waals surface area contributed by atoms with Crippen LogP contribution in [-0.2, 0) is 31.2 Å². The molecule has 7 heteroatoms. The van der Waals surface area contributed by atoms with Crippen LogP contribution in [0.3, 0.4) is 0 Å². The topological polar surface area (TPSA) is 72.3 Å². The van der Waals surface area contributed by atoms with Gasteiger partial charge in [0, 0.05) is 38.1 Å². The molecule has 1 unspecified atom stereocenters. The highest BCUT2D eigenvalue weighted by molar-refractivity contribution is 5.89. The molecule has 1 aliphatic rings. The highest BCUT2D eigenvalue weighted by Crippen LogP contribution is 2.22. The molecule has 1 atom stereocenters. The van der Waals surface area contributed by atoms with Crippen LogP contribution >= 0.6 is 0 Å². The highest BCUT2D eigenvalue weighted by atomic mass is 16.5. The number of aromatic nitrogens is 3. The Morgan fingerprint density at radius 2 is 2.22 bits per heavy atom. The molecule has 1 N–H and O–H groups in total. The van der Waals surface area contributed by atoms with Gasteiger partial charge in [-0.1, -0.05) is 19.9 Å². The lowest BCUT2D eigenvalue weighted by Gasteiger charge is -2.32. The molecule has 3 rings (SSSR count). The van der Waals surface area contributed by atoms with E-state index >= 15 is 0 Å². The number of hydrogen-bond donors (Lipinski definition) is 1. The number of urea groups is 1. The molecule has 0 spiro atoms. The number of nitrogens with one attached hydrogen (secondary N) is 1. The number of carbonyl (C=O) groups is 1. The molecular weight excluding hydrogens is 342 g/mol. The third-order valence-electron chi connectivity index (χ3n) is 5.02. The number of ether oxygens (including phenoxy) is 1. The van der Waals surface area contributed by atoms with Gasteiger partial charge in [0.25, 0.3) is 0 Å². The highest BCUT2D eigenvalue weighted by Gasteiger charge is 2.26. The number of hydrogen-bond acceptors (Lipinski definition) is 4. The lowest BCUT2D eigenvalue weighted by Crippen LogP contribution is -2.45. The van der Waals surface area contributed by atoms with Gasteiger partial charge in [0.05, 0.1) is 18.4 Å². The molecule has 0 bridgehead atoms. The quantitative estimate of drug-likeness (QED) is 0.847. The van der Waals surface area contributed by atoms with Gasteiger partial charge >= 0.3 is 6.03 Å². The van der Waals surface area contributed by atoms with Crippen LogP contribution in [0.1, 0.15) is 43.5 Å². The van der Waals surface area contributed by atoms with Crippen molar-refractivity contribution in [1.82, 2.24) is 19.7 Å². The first kappa shape index (κ1) is 19.4. The number of pyridine rings is 1. The van der Waals surface area contributed by atoms with Gasteiger partial charge in [-0.25, -0.2) is 4.79 Å². The summed E-state index contributed by atoms with van der Waals surface area (Å²) < 4.78 is 7.78. The van der Waals surface area contributed by atoms with Crippen molar-refractivity contribution in [1.29, 1.82) is 0 Å². The Morgan fingerprint density at radius 3 is 2.93 bits per heavy atom. The Morgan fingerprint density at radius 1 is 1.37 bits per heavy atom. The van der Waals surface area contributed by atoms with Crippen LogP contribution < -0.4 is 5.32 Å². The van der Waals surface area contributed by atoms with Crippen LogP contribution in [-0.4, -0.2) is 44.9 Å². The van der Waals surface area contributed by atoms with Crippen LogP contribution in [0.5, 0.6) is 0 Å². The average molecular weight is 371 g/mol. The zero-order chi connectivity index (χ0) is 19.2. The molecule has 3 heterocycles. The zero-order valence-electron chi connectivity index (χ0n) is 16.4. The van der Waals surface area contributed by atoms with E-state index < -0.39 is 0 Å². The number of nitrogens with zero attached hydrogens (tertiary/aromatic N) is 4. The first-order chi connectivity index (χ1) is 13.1. The molecule has 0 radical (unpaired) electrons. The largest absolute Gasteiger partial charge is 0.372 e.